The summed E-state index contributed by atoms with van der Waals surface area (Å²) in [6.07, 6.45) is -4.87. The first-order valence-corrected chi connectivity index (χ1v) is 3.89. The van der Waals surface area contributed by atoms with Gasteiger partial charge in [0.2, 0.25) is 0 Å². The Bertz CT molecular complexity index is 348. The number of hydrogen-bond acceptors (Lipinski definition) is 1. The second-order valence-electron chi connectivity index (χ2n) is 2.56. The summed E-state index contributed by atoms with van der Waals surface area (Å²) in [7, 11) is 0. The van der Waals surface area contributed by atoms with E-state index in [-0.39, 0.29) is 5.56 Å². The van der Waals surface area contributed by atoms with Crippen LogP contribution in [0.4, 0.5) is 17.6 Å². The van der Waals surface area contributed by atoms with Crippen LogP contribution >= 0.6 is 11.6 Å². The molecule has 0 fully saturated rings. The maximum atomic E-state index is 12.8. The van der Waals surface area contributed by atoms with Crippen LogP contribution in [0.2, 0.25) is 5.02 Å². The number of hydrogen-bond donors (Lipinski definition) is 0. The average molecular weight is 229 g/mol. The summed E-state index contributed by atoms with van der Waals surface area (Å²) < 4.78 is 51.8. The van der Waals surface area contributed by atoms with Crippen molar-refractivity contribution in [3.63, 3.8) is 0 Å². The molecule has 0 unspecified atom stereocenters. The average Bonchev–Trinajstić information content (AvgIpc) is 2.04. The minimum atomic E-state index is -4.87. The van der Waals surface area contributed by atoms with Crippen LogP contribution in [-0.4, -0.2) is 6.36 Å². The van der Waals surface area contributed by atoms with E-state index in [9.17, 15) is 17.6 Å². The van der Waals surface area contributed by atoms with Gasteiger partial charge < -0.3 is 4.74 Å². The number of ether oxygens (including phenoxy) is 1. The Hall–Kier alpha value is -0.970. The highest BCUT2D eigenvalue weighted by atomic mass is 35.5. The van der Waals surface area contributed by atoms with Gasteiger partial charge in [-0.3, -0.25) is 0 Å². The minimum absolute atomic E-state index is 0.119. The van der Waals surface area contributed by atoms with E-state index >= 15 is 0 Å². The lowest BCUT2D eigenvalue weighted by Crippen LogP contribution is -2.18. The predicted octanol–water partition coefficient (Wildman–Crippen LogP) is 3.69. The summed E-state index contributed by atoms with van der Waals surface area (Å²) in [4.78, 5) is 0. The summed E-state index contributed by atoms with van der Waals surface area (Å²) in [5.74, 6) is -1.64. The maximum absolute atomic E-state index is 12.8. The van der Waals surface area contributed by atoms with Gasteiger partial charge in [0, 0.05) is 0 Å². The van der Waals surface area contributed by atoms with Crippen LogP contribution in [-0.2, 0) is 0 Å². The van der Waals surface area contributed by atoms with Crippen LogP contribution in [0.5, 0.6) is 5.75 Å². The molecule has 0 aliphatic rings. The zero-order valence-electron chi connectivity index (χ0n) is 6.95. The fourth-order valence-corrected chi connectivity index (χ4v) is 1.12. The van der Waals surface area contributed by atoms with Crippen LogP contribution in [0.25, 0.3) is 0 Å². The molecule has 0 N–H and O–H groups in total. The molecular weight excluding hydrogens is 224 g/mol. The Kier molecular flexibility index (Phi) is 2.89. The molecule has 0 saturated carbocycles. The van der Waals surface area contributed by atoms with Gasteiger partial charge in [0.05, 0.1) is 0 Å². The molecule has 0 aromatic heterocycles. The van der Waals surface area contributed by atoms with E-state index in [1.54, 1.807) is 0 Å². The van der Waals surface area contributed by atoms with E-state index in [2.05, 4.69) is 4.74 Å². The molecule has 6 heteroatoms. The van der Waals surface area contributed by atoms with Gasteiger partial charge >= 0.3 is 6.36 Å². The van der Waals surface area contributed by atoms with Crippen molar-refractivity contribution in [2.75, 3.05) is 0 Å². The first kappa shape index (κ1) is 11.1. The second kappa shape index (κ2) is 3.65. The Morgan fingerprint density at radius 1 is 1.29 bits per heavy atom. The number of rotatable bonds is 1. The third-order valence-electron chi connectivity index (χ3n) is 1.46. The molecular formula is C8H5ClF4O. The molecule has 0 bridgehead atoms. The molecule has 78 valence electrons. The number of halogens is 5. The summed E-state index contributed by atoms with van der Waals surface area (Å²) in [6.45, 7) is 1.34. The summed E-state index contributed by atoms with van der Waals surface area (Å²) in [5, 5.41) is -0.665. The Labute approximate surface area is 82.2 Å². The molecule has 0 heterocycles. The first-order chi connectivity index (χ1) is 6.31. The van der Waals surface area contributed by atoms with Gasteiger partial charge in [-0.15, -0.1) is 13.2 Å². The van der Waals surface area contributed by atoms with Crippen LogP contribution in [0, 0.1) is 12.7 Å². The van der Waals surface area contributed by atoms with Crippen molar-refractivity contribution >= 4 is 11.6 Å². The zero-order chi connectivity index (χ0) is 10.9. The largest absolute Gasteiger partial charge is 0.573 e. The van der Waals surface area contributed by atoms with Crippen LogP contribution < -0.4 is 4.74 Å². The van der Waals surface area contributed by atoms with Gasteiger partial charge in [-0.25, -0.2) is 4.39 Å². The Morgan fingerprint density at radius 2 is 1.86 bits per heavy atom. The zero-order valence-corrected chi connectivity index (χ0v) is 7.71. The molecule has 0 atom stereocenters. The van der Waals surface area contributed by atoms with Crippen molar-refractivity contribution in [3.05, 3.63) is 28.5 Å². The van der Waals surface area contributed by atoms with Crippen molar-refractivity contribution in [2.24, 2.45) is 0 Å². The van der Waals surface area contributed by atoms with Crippen LogP contribution in [0.3, 0.4) is 0 Å². The molecule has 0 aliphatic heterocycles. The highest BCUT2D eigenvalue weighted by Crippen LogP contribution is 2.34. The monoisotopic (exact) mass is 228 g/mol. The second-order valence-corrected chi connectivity index (χ2v) is 2.93. The third kappa shape index (κ3) is 2.51. The van der Waals surface area contributed by atoms with Gasteiger partial charge in [-0.2, -0.15) is 0 Å². The summed E-state index contributed by atoms with van der Waals surface area (Å²) >= 11 is 5.30. The summed E-state index contributed by atoms with van der Waals surface area (Å²) in [5.41, 5.74) is 0.119. The number of benzene rings is 1. The van der Waals surface area contributed by atoms with E-state index < -0.39 is 23.0 Å². The highest BCUT2D eigenvalue weighted by molar-refractivity contribution is 6.32. The normalized spacial score (nSPS) is 11.6. The van der Waals surface area contributed by atoms with Gasteiger partial charge in [-0.05, 0) is 18.6 Å². The van der Waals surface area contributed by atoms with Crippen molar-refractivity contribution in [1.82, 2.24) is 0 Å². The lowest BCUT2D eigenvalue weighted by Gasteiger charge is -2.12. The van der Waals surface area contributed by atoms with E-state index in [1.165, 1.54) is 6.92 Å². The van der Waals surface area contributed by atoms with Gasteiger partial charge in [0.15, 0.2) is 5.75 Å². The molecule has 0 spiro atoms. The van der Waals surface area contributed by atoms with Crippen molar-refractivity contribution < 1.29 is 22.3 Å². The molecule has 0 aliphatic carbocycles. The molecule has 1 aromatic rings. The molecule has 14 heavy (non-hydrogen) atoms. The minimum Gasteiger partial charge on any atom is -0.404 e. The lowest BCUT2D eigenvalue weighted by atomic mass is 10.2. The molecule has 1 rings (SSSR count). The van der Waals surface area contributed by atoms with Crippen LogP contribution in [0.15, 0.2) is 12.1 Å². The number of alkyl halides is 3. The molecule has 0 amide bonds. The smallest absolute Gasteiger partial charge is 0.404 e. The first-order valence-electron chi connectivity index (χ1n) is 3.51. The van der Waals surface area contributed by atoms with E-state index in [0.717, 1.165) is 12.1 Å². The summed E-state index contributed by atoms with van der Waals surface area (Å²) in [6, 6.07) is 2.13. The Morgan fingerprint density at radius 3 is 2.36 bits per heavy atom. The van der Waals surface area contributed by atoms with Gasteiger partial charge in [-0.1, -0.05) is 17.7 Å². The van der Waals surface area contributed by atoms with E-state index in [4.69, 9.17) is 11.6 Å². The van der Waals surface area contributed by atoms with Gasteiger partial charge in [0.25, 0.3) is 0 Å². The molecule has 1 nitrogen and oxygen atoms in total. The SMILES string of the molecule is Cc1ccc(F)c(Cl)c1OC(F)(F)F. The Balaban J connectivity index is 3.13. The van der Waals surface area contributed by atoms with Crippen LogP contribution in [0.1, 0.15) is 5.56 Å². The maximum Gasteiger partial charge on any atom is 0.573 e. The quantitative estimate of drug-likeness (QED) is 0.666. The number of aryl methyl sites for hydroxylation is 1. The fraction of sp³-hybridized carbons (Fsp3) is 0.250. The standard InChI is InChI=1S/C8H5ClF4O/c1-4-2-3-5(10)6(9)7(4)14-8(11,12)13/h2-3H,1H3. The van der Waals surface area contributed by atoms with E-state index in [1.807, 2.05) is 0 Å². The van der Waals surface area contributed by atoms with Crippen molar-refractivity contribution in [1.29, 1.82) is 0 Å². The van der Waals surface area contributed by atoms with E-state index in [0.29, 0.717) is 0 Å². The van der Waals surface area contributed by atoms with Crippen molar-refractivity contribution in [3.8, 4) is 5.75 Å². The topological polar surface area (TPSA) is 9.23 Å². The predicted molar refractivity (Wildman–Crippen MR) is 42.8 cm³/mol. The molecule has 0 radical (unpaired) electrons. The highest BCUT2D eigenvalue weighted by Gasteiger charge is 2.33. The lowest BCUT2D eigenvalue weighted by molar-refractivity contribution is -0.274. The fourth-order valence-electron chi connectivity index (χ4n) is 0.870. The van der Waals surface area contributed by atoms with Gasteiger partial charge in [0.1, 0.15) is 10.8 Å². The molecule has 1 aromatic carbocycles. The third-order valence-corrected chi connectivity index (χ3v) is 1.82. The molecule has 0 saturated heterocycles. The van der Waals surface area contributed by atoms with Crippen molar-refractivity contribution in [2.45, 2.75) is 13.3 Å².